The molecule has 0 spiro atoms. The fraction of sp³-hybridized carbons (Fsp3) is 0.909. The molecule has 0 aromatic heterocycles. The summed E-state index contributed by atoms with van der Waals surface area (Å²) in [6.07, 6.45) is -11.2. The Balaban J connectivity index is 3.01. The van der Waals surface area contributed by atoms with Crippen LogP contribution in [0.2, 0.25) is 0 Å². The molecule has 10 heteroatoms. The number of hydrogen-bond donors (Lipinski definition) is 8. The van der Waals surface area contributed by atoms with Crippen LogP contribution in [0.5, 0.6) is 0 Å². The van der Waals surface area contributed by atoms with Crippen LogP contribution in [-0.4, -0.2) is 109 Å². The second-order valence-corrected chi connectivity index (χ2v) is 4.87. The molecule has 21 heavy (non-hydrogen) atoms. The van der Waals surface area contributed by atoms with Gasteiger partial charge in [0.05, 0.1) is 19.8 Å². The van der Waals surface area contributed by atoms with Gasteiger partial charge < -0.3 is 45.6 Å². The highest BCUT2D eigenvalue weighted by Crippen LogP contribution is 2.33. The fourth-order valence-corrected chi connectivity index (χ4v) is 2.17. The monoisotopic (exact) mass is 312 g/mol. The van der Waals surface area contributed by atoms with Crippen molar-refractivity contribution >= 4 is 5.78 Å². The van der Waals surface area contributed by atoms with Crippen molar-refractivity contribution in [3.05, 3.63) is 0 Å². The highest BCUT2D eigenvalue weighted by atomic mass is 16.6. The molecule has 0 aliphatic carbocycles. The Hall–Kier alpha value is -0.690. The van der Waals surface area contributed by atoms with E-state index in [1.165, 1.54) is 0 Å². The fourth-order valence-electron chi connectivity index (χ4n) is 2.17. The van der Waals surface area contributed by atoms with Crippen molar-refractivity contribution in [2.24, 2.45) is 0 Å². The molecule has 1 fully saturated rings. The van der Waals surface area contributed by atoms with Gasteiger partial charge in [0.1, 0.15) is 36.6 Å². The van der Waals surface area contributed by atoms with Gasteiger partial charge in [-0.05, 0) is 0 Å². The van der Waals surface area contributed by atoms with E-state index in [-0.39, 0.29) is 0 Å². The maximum absolute atomic E-state index is 12.1. The van der Waals surface area contributed by atoms with E-state index in [1.54, 1.807) is 0 Å². The van der Waals surface area contributed by atoms with Crippen LogP contribution in [-0.2, 0) is 9.53 Å². The van der Waals surface area contributed by atoms with Crippen molar-refractivity contribution in [1.82, 2.24) is 0 Å². The lowest BCUT2D eigenvalue weighted by atomic mass is 9.85. The summed E-state index contributed by atoms with van der Waals surface area (Å²) < 4.78 is 4.95. The molecule has 124 valence electrons. The lowest BCUT2D eigenvalue weighted by Crippen LogP contribution is -2.60. The van der Waals surface area contributed by atoms with Crippen LogP contribution >= 0.6 is 0 Å². The van der Waals surface area contributed by atoms with Gasteiger partial charge in [0.2, 0.25) is 5.78 Å². The molecule has 10 nitrogen and oxygen atoms in total. The van der Waals surface area contributed by atoms with Crippen LogP contribution < -0.4 is 0 Å². The van der Waals surface area contributed by atoms with Gasteiger partial charge in [-0.25, -0.2) is 0 Å². The van der Waals surface area contributed by atoms with E-state index in [9.17, 15) is 35.4 Å². The van der Waals surface area contributed by atoms with E-state index in [0.717, 1.165) is 0 Å². The summed E-state index contributed by atoms with van der Waals surface area (Å²) in [4.78, 5) is 12.1. The third-order valence-corrected chi connectivity index (χ3v) is 3.55. The second kappa shape index (κ2) is 7.05. The summed E-state index contributed by atoms with van der Waals surface area (Å²) in [6.45, 7) is -2.84. The minimum Gasteiger partial charge on any atom is -0.394 e. The van der Waals surface area contributed by atoms with E-state index < -0.39 is 67.8 Å². The van der Waals surface area contributed by atoms with Crippen LogP contribution in [0.4, 0.5) is 0 Å². The summed E-state index contributed by atoms with van der Waals surface area (Å²) in [5.41, 5.74) is -2.46. The summed E-state index contributed by atoms with van der Waals surface area (Å²) in [6, 6.07) is 0. The molecule has 7 atom stereocenters. The Morgan fingerprint density at radius 1 is 1.14 bits per heavy atom. The van der Waals surface area contributed by atoms with E-state index in [2.05, 4.69) is 0 Å². The number of carbonyl (C=O) groups excluding carboxylic acids is 1. The molecule has 0 aromatic carbocycles. The third kappa shape index (κ3) is 3.08. The Morgan fingerprint density at radius 2 is 1.71 bits per heavy atom. The van der Waals surface area contributed by atoms with Crippen molar-refractivity contribution < 1.29 is 50.4 Å². The van der Waals surface area contributed by atoms with Gasteiger partial charge in [0.15, 0.2) is 5.60 Å². The largest absolute Gasteiger partial charge is 0.394 e. The molecule has 0 amide bonds. The molecular weight excluding hydrogens is 292 g/mol. The van der Waals surface area contributed by atoms with Crippen LogP contribution in [0, 0.1) is 0 Å². The Morgan fingerprint density at radius 3 is 2.10 bits per heavy atom. The summed E-state index contributed by atoms with van der Waals surface area (Å²) >= 11 is 0. The minimum absolute atomic E-state index is 0.759. The number of rotatable bonds is 7. The van der Waals surface area contributed by atoms with Crippen molar-refractivity contribution in [3.8, 4) is 0 Å². The second-order valence-electron chi connectivity index (χ2n) is 4.87. The smallest absolute Gasteiger partial charge is 0.200 e. The van der Waals surface area contributed by atoms with Gasteiger partial charge in [-0.1, -0.05) is 0 Å². The molecule has 8 N–H and O–H groups in total. The Labute approximate surface area is 119 Å². The number of carbonyl (C=O) groups is 1. The molecule has 1 rings (SSSR count). The molecular formula is C11H20O10. The number of aliphatic hydroxyl groups excluding tert-OH is 8. The first-order chi connectivity index (χ1) is 9.76. The third-order valence-electron chi connectivity index (χ3n) is 3.55. The highest BCUT2D eigenvalue weighted by molar-refractivity contribution is 5.93. The van der Waals surface area contributed by atoms with Gasteiger partial charge in [-0.15, -0.1) is 0 Å². The summed E-state index contributed by atoms with van der Waals surface area (Å²) in [5.74, 6) is -1.40. The summed E-state index contributed by atoms with van der Waals surface area (Å²) in [7, 11) is 0. The van der Waals surface area contributed by atoms with Crippen molar-refractivity contribution in [2.45, 2.75) is 42.2 Å². The van der Waals surface area contributed by atoms with Crippen LogP contribution in [0.1, 0.15) is 0 Å². The average Bonchev–Trinajstić information content (AvgIpc) is 2.76. The topological polar surface area (TPSA) is 188 Å². The zero-order valence-electron chi connectivity index (χ0n) is 11.0. The quantitative estimate of drug-likeness (QED) is 0.225. The first kappa shape index (κ1) is 18.4. The zero-order valence-corrected chi connectivity index (χ0v) is 11.0. The van der Waals surface area contributed by atoms with Crippen molar-refractivity contribution in [1.29, 1.82) is 0 Å². The lowest BCUT2D eigenvalue weighted by molar-refractivity contribution is -0.178. The Bertz CT molecular complexity index is 363. The SMILES string of the molecule is O=C([C@H](O)[C@@H](O)[C@H](O)CO)C1(CO)O[C@H](CO)[C@@H](O)[C@@H]1O. The molecule has 1 heterocycles. The van der Waals surface area contributed by atoms with Crippen LogP contribution in [0.25, 0.3) is 0 Å². The number of ether oxygens (including phenoxy) is 1. The molecule has 1 aliphatic rings. The molecule has 0 radical (unpaired) electrons. The number of aliphatic hydroxyl groups is 8. The first-order valence-electron chi connectivity index (χ1n) is 6.21. The van der Waals surface area contributed by atoms with E-state index >= 15 is 0 Å². The van der Waals surface area contributed by atoms with Gasteiger partial charge >= 0.3 is 0 Å². The molecule has 0 bridgehead atoms. The van der Waals surface area contributed by atoms with E-state index in [4.69, 9.17) is 14.9 Å². The molecule has 0 saturated carbocycles. The van der Waals surface area contributed by atoms with E-state index in [1.807, 2.05) is 0 Å². The zero-order chi connectivity index (χ0) is 16.4. The summed E-state index contributed by atoms with van der Waals surface area (Å²) in [5, 5.41) is 74.8. The van der Waals surface area contributed by atoms with Gasteiger partial charge in [0, 0.05) is 0 Å². The highest BCUT2D eigenvalue weighted by Gasteiger charge is 2.60. The molecule has 0 aromatic rings. The lowest BCUT2D eigenvalue weighted by Gasteiger charge is -2.32. The standard InChI is InChI=1S/C11H20O10/c12-1-4(15)6(16)8(18)10(20)11(3-14)9(19)7(17)5(2-13)21-11/h4-9,12-19H,1-3H2/t4-,5-,6+,7-,8-,9+,11?/m1/s1. The van der Waals surface area contributed by atoms with E-state index in [0.29, 0.717) is 0 Å². The first-order valence-corrected chi connectivity index (χ1v) is 6.21. The van der Waals surface area contributed by atoms with Crippen LogP contribution in [0.3, 0.4) is 0 Å². The molecule has 1 unspecified atom stereocenters. The van der Waals surface area contributed by atoms with Gasteiger partial charge in [0.25, 0.3) is 0 Å². The Kier molecular flexibility index (Phi) is 6.16. The normalized spacial score (nSPS) is 37.2. The predicted molar refractivity (Wildman–Crippen MR) is 63.9 cm³/mol. The van der Waals surface area contributed by atoms with Crippen molar-refractivity contribution in [2.75, 3.05) is 19.8 Å². The minimum atomic E-state index is -2.46. The van der Waals surface area contributed by atoms with Crippen molar-refractivity contribution in [3.63, 3.8) is 0 Å². The van der Waals surface area contributed by atoms with Gasteiger partial charge in [-0.3, -0.25) is 4.79 Å². The number of ketones is 1. The predicted octanol–water partition coefficient (Wildman–Crippen LogP) is -5.53. The van der Waals surface area contributed by atoms with Crippen LogP contribution in [0.15, 0.2) is 0 Å². The number of hydrogen-bond acceptors (Lipinski definition) is 10. The maximum Gasteiger partial charge on any atom is 0.200 e. The number of Topliss-reactive ketones (excluding diaryl/α,β-unsaturated/α-hetero) is 1. The molecule has 1 aliphatic heterocycles. The van der Waals surface area contributed by atoms with Gasteiger partial charge in [-0.2, -0.15) is 0 Å². The molecule has 1 saturated heterocycles. The average molecular weight is 312 g/mol. The maximum atomic E-state index is 12.1.